The van der Waals surface area contributed by atoms with E-state index in [0.717, 1.165) is 0 Å². The normalized spacial score (nSPS) is 10.1. The molecular weight excluding hydrogens is 215 g/mol. The van der Waals surface area contributed by atoms with Gasteiger partial charge in [-0.05, 0) is 0 Å². The topological polar surface area (TPSA) is 79.8 Å². The maximum Gasteiger partial charge on any atom is 0.318 e. The fourth-order valence-corrected chi connectivity index (χ4v) is 0.914. The van der Waals surface area contributed by atoms with E-state index >= 15 is 0 Å². The Labute approximate surface area is 80.9 Å². The van der Waals surface area contributed by atoms with Gasteiger partial charge >= 0.3 is 5.69 Å². The minimum absolute atomic E-state index is 0.421. The summed E-state index contributed by atoms with van der Waals surface area (Å²) in [6, 6.07) is 1.22. The second-order valence-corrected chi connectivity index (χ2v) is 2.39. The van der Waals surface area contributed by atoms with Crippen LogP contribution in [-0.4, -0.2) is 9.91 Å². The van der Waals surface area contributed by atoms with Crippen LogP contribution in [-0.2, 0) is 0 Å². The standard InChI is InChI=1S/C7H2F3N3O2/c8-5-4(1-11)12-2-3(7(9)10)6(5)13(14)15/h2,7H. The molecule has 1 heterocycles. The molecule has 15 heavy (non-hydrogen) atoms. The van der Waals surface area contributed by atoms with E-state index in [1.165, 1.54) is 6.07 Å². The molecule has 0 N–H and O–H groups in total. The van der Waals surface area contributed by atoms with E-state index in [1.54, 1.807) is 0 Å². The molecule has 1 aromatic rings. The summed E-state index contributed by atoms with van der Waals surface area (Å²) in [6.45, 7) is 0. The van der Waals surface area contributed by atoms with Crippen LogP contribution in [0.3, 0.4) is 0 Å². The van der Waals surface area contributed by atoms with E-state index in [-0.39, 0.29) is 0 Å². The van der Waals surface area contributed by atoms with Crippen molar-refractivity contribution in [3.8, 4) is 6.07 Å². The number of halogens is 3. The van der Waals surface area contributed by atoms with E-state index in [1.807, 2.05) is 0 Å². The molecule has 0 radical (unpaired) electrons. The van der Waals surface area contributed by atoms with E-state index in [9.17, 15) is 23.3 Å². The van der Waals surface area contributed by atoms with Crippen molar-refractivity contribution in [1.29, 1.82) is 5.26 Å². The molecule has 0 spiro atoms. The number of nitro groups is 1. The lowest BCUT2D eigenvalue weighted by Crippen LogP contribution is -2.03. The predicted molar refractivity (Wildman–Crippen MR) is 40.5 cm³/mol. The van der Waals surface area contributed by atoms with E-state index in [2.05, 4.69) is 4.98 Å². The van der Waals surface area contributed by atoms with Crippen molar-refractivity contribution in [3.63, 3.8) is 0 Å². The summed E-state index contributed by atoms with van der Waals surface area (Å²) in [7, 11) is 0. The molecule has 0 saturated carbocycles. The quantitative estimate of drug-likeness (QED) is 0.560. The molecule has 0 saturated heterocycles. The van der Waals surface area contributed by atoms with Crippen LogP contribution in [0.25, 0.3) is 0 Å². The molecule has 8 heteroatoms. The molecule has 0 aliphatic rings. The second-order valence-electron chi connectivity index (χ2n) is 2.39. The Kier molecular flexibility index (Phi) is 2.85. The molecular formula is C7H2F3N3O2. The Morgan fingerprint density at radius 2 is 2.20 bits per heavy atom. The van der Waals surface area contributed by atoms with E-state index in [4.69, 9.17) is 5.26 Å². The lowest BCUT2D eigenvalue weighted by atomic mass is 10.2. The number of nitriles is 1. The van der Waals surface area contributed by atoms with Gasteiger partial charge in [0, 0.05) is 6.20 Å². The van der Waals surface area contributed by atoms with Gasteiger partial charge in [0.05, 0.1) is 4.92 Å². The van der Waals surface area contributed by atoms with Gasteiger partial charge in [0.2, 0.25) is 5.82 Å². The molecule has 0 aromatic carbocycles. The van der Waals surface area contributed by atoms with Crippen LogP contribution < -0.4 is 0 Å². The minimum atomic E-state index is -3.22. The van der Waals surface area contributed by atoms with Crippen molar-refractivity contribution in [3.05, 3.63) is 33.4 Å². The van der Waals surface area contributed by atoms with Crippen LogP contribution in [0.15, 0.2) is 6.20 Å². The zero-order valence-electron chi connectivity index (χ0n) is 6.95. The summed E-state index contributed by atoms with van der Waals surface area (Å²) in [6.07, 6.45) is -2.80. The molecule has 0 bridgehead atoms. The van der Waals surface area contributed by atoms with Crippen LogP contribution in [0, 0.1) is 27.3 Å². The number of hydrogen-bond donors (Lipinski definition) is 0. The van der Waals surface area contributed by atoms with Crippen LogP contribution in [0.5, 0.6) is 0 Å². The first-order valence-electron chi connectivity index (χ1n) is 3.50. The van der Waals surface area contributed by atoms with E-state index < -0.39 is 34.1 Å². The van der Waals surface area contributed by atoms with Gasteiger partial charge in [-0.3, -0.25) is 10.1 Å². The highest BCUT2D eigenvalue weighted by atomic mass is 19.3. The van der Waals surface area contributed by atoms with Crippen molar-refractivity contribution in [2.24, 2.45) is 0 Å². The van der Waals surface area contributed by atoms with Gasteiger partial charge in [-0.15, -0.1) is 0 Å². The summed E-state index contributed by atoms with van der Waals surface area (Å²) in [5.41, 5.74) is -3.43. The van der Waals surface area contributed by atoms with Crippen molar-refractivity contribution < 1.29 is 18.1 Å². The van der Waals surface area contributed by atoms with Crippen molar-refractivity contribution >= 4 is 5.69 Å². The average Bonchev–Trinajstić information content (AvgIpc) is 2.16. The zero-order chi connectivity index (χ0) is 11.6. The van der Waals surface area contributed by atoms with Gasteiger partial charge in [-0.1, -0.05) is 0 Å². The number of aromatic nitrogens is 1. The van der Waals surface area contributed by atoms with Gasteiger partial charge in [-0.25, -0.2) is 13.8 Å². The lowest BCUT2D eigenvalue weighted by molar-refractivity contribution is -0.389. The highest BCUT2D eigenvalue weighted by molar-refractivity contribution is 5.45. The van der Waals surface area contributed by atoms with E-state index in [0.29, 0.717) is 6.20 Å². The highest BCUT2D eigenvalue weighted by Gasteiger charge is 2.29. The third-order valence-corrected chi connectivity index (χ3v) is 1.55. The molecule has 1 aromatic heterocycles. The maximum atomic E-state index is 13.1. The number of nitrogens with zero attached hydrogens (tertiary/aromatic N) is 3. The summed E-state index contributed by atoms with van der Waals surface area (Å²) >= 11 is 0. The number of rotatable bonds is 2. The molecule has 0 unspecified atom stereocenters. The molecule has 0 amide bonds. The van der Waals surface area contributed by atoms with Gasteiger partial charge in [0.1, 0.15) is 11.6 Å². The Bertz CT molecular complexity index is 456. The largest absolute Gasteiger partial charge is 0.318 e. The third kappa shape index (κ3) is 1.85. The van der Waals surface area contributed by atoms with Crippen molar-refractivity contribution in [2.75, 3.05) is 0 Å². The Morgan fingerprint density at radius 3 is 2.60 bits per heavy atom. The maximum absolute atomic E-state index is 13.1. The van der Waals surface area contributed by atoms with Gasteiger partial charge < -0.3 is 0 Å². The van der Waals surface area contributed by atoms with Crippen molar-refractivity contribution in [2.45, 2.75) is 6.43 Å². The Morgan fingerprint density at radius 1 is 1.60 bits per heavy atom. The highest BCUT2D eigenvalue weighted by Crippen LogP contribution is 2.31. The SMILES string of the molecule is N#Cc1ncc(C(F)F)c([N+](=O)[O-])c1F. The summed E-state index contributed by atoms with van der Waals surface area (Å²) in [5.74, 6) is -1.64. The zero-order valence-corrected chi connectivity index (χ0v) is 6.95. The molecule has 78 valence electrons. The van der Waals surface area contributed by atoms with Crippen LogP contribution in [0.1, 0.15) is 17.7 Å². The number of pyridine rings is 1. The van der Waals surface area contributed by atoms with Crippen LogP contribution in [0.2, 0.25) is 0 Å². The lowest BCUT2D eigenvalue weighted by Gasteiger charge is -2.02. The molecule has 0 fully saturated rings. The minimum Gasteiger partial charge on any atom is -0.258 e. The fraction of sp³-hybridized carbons (Fsp3) is 0.143. The van der Waals surface area contributed by atoms with Gasteiger partial charge in [0.15, 0.2) is 5.69 Å². The monoisotopic (exact) mass is 217 g/mol. The molecule has 5 nitrogen and oxygen atoms in total. The average molecular weight is 217 g/mol. The summed E-state index contributed by atoms with van der Waals surface area (Å²) in [5, 5.41) is 18.6. The molecule has 0 aliphatic carbocycles. The number of hydrogen-bond acceptors (Lipinski definition) is 4. The first kappa shape index (κ1) is 10.9. The molecule has 0 aliphatic heterocycles. The fourth-order valence-electron chi connectivity index (χ4n) is 0.914. The first-order chi connectivity index (χ1) is 6.99. The second kappa shape index (κ2) is 3.91. The molecule has 0 atom stereocenters. The van der Waals surface area contributed by atoms with Crippen LogP contribution >= 0.6 is 0 Å². The van der Waals surface area contributed by atoms with Gasteiger partial charge in [0.25, 0.3) is 6.43 Å². The van der Waals surface area contributed by atoms with Crippen molar-refractivity contribution in [1.82, 2.24) is 4.98 Å². The van der Waals surface area contributed by atoms with Gasteiger partial charge in [-0.2, -0.15) is 9.65 Å². The first-order valence-corrected chi connectivity index (χ1v) is 3.50. The number of alkyl halides is 2. The summed E-state index contributed by atoms with van der Waals surface area (Å²) < 4.78 is 37.5. The molecule has 1 rings (SSSR count). The van der Waals surface area contributed by atoms with Crippen LogP contribution in [0.4, 0.5) is 18.9 Å². The smallest absolute Gasteiger partial charge is 0.258 e. The Balaban J connectivity index is 3.53. The Hall–Kier alpha value is -2.17. The summed E-state index contributed by atoms with van der Waals surface area (Å²) in [4.78, 5) is 12.0. The third-order valence-electron chi connectivity index (χ3n) is 1.55. The predicted octanol–water partition coefficient (Wildman–Crippen LogP) is 1.94.